The Morgan fingerprint density at radius 3 is 2.79 bits per heavy atom. The maximum Gasteiger partial charge on any atom is 0.107 e. The number of anilines is 1. The predicted molar refractivity (Wildman–Crippen MR) is 82.1 cm³/mol. The minimum atomic E-state index is 0.742. The number of hydrogen-bond donors (Lipinski definition) is 1. The van der Waals surface area contributed by atoms with Crippen LogP contribution in [0.2, 0.25) is 0 Å². The van der Waals surface area contributed by atoms with Gasteiger partial charge < -0.3 is 10.3 Å². The van der Waals surface area contributed by atoms with Gasteiger partial charge in [-0.25, -0.2) is 4.98 Å². The van der Waals surface area contributed by atoms with Crippen molar-refractivity contribution < 1.29 is 0 Å². The lowest BCUT2D eigenvalue weighted by Crippen LogP contribution is -2.04. The lowest BCUT2D eigenvalue weighted by atomic mass is 10.2. The van der Waals surface area contributed by atoms with E-state index in [0.717, 1.165) is 39.1 Å². The second-order valence-electron chi connectivity index (χ2n) is 4.58. The number of rotatable bonds is 2. The van der Waals surface area contributed by atoms with E-state index < -0.39 is 0 Å². The maximum atomic E-state index is 6.07. The first-order chi connectivity index (χ1) is 9.15. The molecule has 3 nitrogen and oxygen atoms in total. The molecule has 2 aromatic carbocycles. The molecule has 0 fully saturated rings. The Balaban J connectivity index is 2.08. The fourth-order valence-corrected chi connectivity index (χ4v) is 2.65. The van der Waals surface area contributed by atoms with E-state index in [1.54, 1.807) is 0 Å². The van der Waals surface area contributed by atoms with Gasteiger partial charge in [0.2, 0.25) is 0 Å². The number of nitrogen functional groups attached to an aromatic ring is 1. The van der Waals surface area contributed by atoms with E-state index in [4.69, 9.17) is 5.73 Å². The zero-order valence-electron chi connectivity index (χ0n) is 10.6. The summed E-state index contributed by atoms with van der Waals surface area (Å²) in [6.07, 6.45) is 0. The Labute approximate surface area is 120 Å². The highest BCUT2D eigenvalue weighted by atomic mass is 79.9. The molecule has 0 aliphatic rings. The summed E-state index contributed by atoms with van der Waals surface area (Å²) in [7, 11) is 0. The lowest BCUT2D eigenvalue weighted by molar-refractivity contribution is 0.787. The monoisotopic (exact) mass is 315 g/mol. The van der Waals surface area contributed by atoms with Gasteiger partial charge in [0.25, 0.3) is 0 Å². The minimum Gasteiger partial charge on any atom is -0.398 e. The SMILES string of the molecule is Cc1nc2ccccc2n1Cc1ccc(Br)cc1N. The first-order valence-electron chi connectivity index (χ1n) is 6.11. The number of fused-ring (bicyclic) bond motifs is 1. The molecule has 0 amide bonds. The van der Waals surface area contributed by atoms with Crippen LogP contribution >= 0.6 is 15.9 Å². The van der Waals surface area contributed by atoms with Gasteiger partial charge in [0.05, 0.1) is 17.6 Å². The minimum absolute atomic E-state index is 0.742. The molecule has 1 aromatic heterocycles. The van der Waals surface area contributed by atoms with Gasteiger partial charge in [-0.05, 0) is 36.8 Å². The molecule has 1 heterocycles. The van der Waals surface area contributed by atoms with Crippen molar-refractivity contribution in [3.63, 3.8) is 0 Å². The fraction of sp³-hybridized carbons (Fsp3) is 0.133. The van der Waals surface area contributed by atoms with Crippen molar-refractivity contribution in [3.05, 3.63) is 58.3 Å². The number of aryl methyl sites for hydroxylation is 1. The maximum absolute atomic E-state index is 6.07. The Morgan fingerprint density at radius 2 is 2.00 bits per heavy atom. The van der Waals surface area contributed by atoms with Crippen molar-refractivity contribution in [2.24, 2.45) is 0 Å². The van der Waals surface area contributed by atoms with Crippen molar-refractivity contribution in [2.75, 3.05) is 5.73 Å². The summed E-state index contributed by atoms with van der Waals surface area (Å²) in [6, 6.07) is 14.2. The molecule has 0 unspecified atom stereocenters. The summed E-state index contributed by atoms with van der Waals surface area (Å²) >= 11 is 3.43. The Kier molecular flexibility index (Phi) is 3.03. The predicted octanol–water partition coefficient (Wildman–Crippen LogP) is 3.74. The number of benzene rings is 2. The number of halogens is 1. The molecular formula is C15H14BrN3. The van der Waals surface area contributed by atoms with Crippen LogP contribution in [0.3, 0.4) is 0 Å². The van der Waals surface area contributed by atoms with E-state index in [-0.39, 0.29) is 0 Å². The molecule has 0 aliphatic heterocycles. The van der Waals surface area contributed by atoms with Gasteiger partial charge in [0.1, 0.15) is 5.82 Å². The Bertz CT molecular complexity index is 746. The third kappa shape index (κ3) is 2.24. The van der Waals surface area contributed by atoms with Gasteiger partial charge in [0, 0.05) is 10.2 Å². The molecule has 0 atom stereocenters. The van der Waals surface area contributed by atoms with E-state index in [1.165, 1.54) is 0 Å². The van der Waals surface area contributed by atoms with Crippen LogP contribution in [-0.2, 0) is 6.54 Å². The average Bonchev–Trinajstić information content (AvgIpc) is 2.69. The highest BCUT2D eigenvalue weighted by Crippen LogP contribution is 2.22. The summed E-state index contributed by atoms with van der Waals surface area (Å²) < 4.78 is 3.19. The number of nitrogens with zero attached hydrogens (tertiary/aromatic N) is 2. The summed E-state index contributed by atoms with van der Waals surface area (Å²) in [5, 5.41) is 0. The third-order valence-electron chi connectivity index (χ3n) is 3.28. The molecule has 0 saturated heterocycles. The van der Waals surface area contributed by atoms with Gasteiger partial charge in [-0.15, -0.1) is 0 Å². The second kappa shape index (κ2) is 4.70. The molecule has 0 radical (unpaired) electrons. The highest BCUT2D eigenvalue weighted by Gasteiger charge is 2.08. The van der Waals surface area contributed by atoms with Crippen molar-refractivity contribution >= 4 is 32.7 Å². The van der Waals surface area contributed by atoms with Gasteiger partial charge in [-0.3, -0.25) is 0 Å². The molecule has 0 aliphatic carbocycles. The van der Waals surface area contributed by atoms with Crippen LogP contribution in [-0.4, -0.2) is 9.55 Å². The number of nitrogens with two attached hydrogens (primary N) is 1. The van der Waals surface area contributed by atoms with E-state index in [0.29, 0.717) is 0 Å². The van der Waals surface area contributed by atoms with Crippen LogP contribution in [0.4, 0.5) is 5.69 Å². The Morgan fingerprint density at radius 1 is 1.21 bits per heavy atom. The molecule has 2 N–H and O–H groups in total. The summed E-state index contributed by atoms with van der Waals surface area (Å²) in [4.78, 5) is 4.57. The summed E-state index contributed by atoms with van der Waals surface area (Å²) in [6.45, 7) is 2.76. The smallest absolute Gasteiger partial charge is 0.107 e. The van der Waals surface area contributed by atoms with Gasteiger partial charge in [-0.2, -0.15) is 0 Å². The van der Waals surface area contributed by atoms with Crippen LogP contribution in [0.15, 0.2) is 46.9 Å². The van der Waals surface area contributed by atoms with E-state index in [1.807, 2.05) is 43.3 Å². The second-order valence-corrected chi connectivity index (χ2v) is 5.49. The standard InChI is InChI=1S/C15H14BrN3/c1-10-18-14-4-2-3-5-15(14)19(10)9-11-6-7-12(16)8-13(11)17/h2-8H,9,17H2,1H3. The lowest BCUT2D eigenvalue weighted by Gasteiger charge is -2.10. The zero-order chi connectivity index (χ0) is 13.4. The first kappa shape index (κ1) is 12.2. The number of imidazole rings is 1. The van der Waals surface area contributed by atoms with Crippen molar-refractivity contribution in [2.45, 2.75) is 13.5 Å². The summed E-state index contributed by atoms with van der Waals surface area (Å²) in [5.74, 6) is 1.00. The van der Waals surface area contributed by atoms with Crippen LogP contribution < -0.4 is 5.73 Å². The van der Waals surface area contributed by atoms with E-state index in [9.17, 15) is 0 Å². The molecule has 3 aromatic rings. The van der Waals surface area contributed by atoms with Crippen molar-refractivity contribution in [1.29, 1.82) is 0 Å². The fourth-order valence-electron chi connectivity index (χ4n) is 2.28. The van der Waals surface area contributed by atoms with Crippen molar-refractivity contribution in [1.82, 2.24) is 9.55 Å². The van der Waals surface area contributed by atoms with E-state index >= 15 is 0 Å². The molecular weight excluding hydrogens is 302 g/mol. The van der Waals surface area contributed by atoms with Gasteiger partial charge in [-0.1, -0.05) is 34.1 Å². The topological polar surface area (TPSA) is 43.8 Å². The molecule has 4 heteroatoms. The van der Waals surface area contributed by atoms with Crippen LogP contribution in [0.1, 0.15) is 11.4 Å². The third-order valence-corrected chi connectivity index (χ3v) is 3.78. The molecule has 0 saturated carbocycles. The van der Waals surface area contributed by atoms with Gasteiger partial charge >= 0.3 is 0 Å². The first-order valence-corrected chi connectivity index (χ1v) is 6.90. The van der Waals surface area contributed by atoms with Crippen LogP contribution in [0, 0.1) is 6.92 Å². The number of aromatic nitrogens is 2. The molecule has 19 heavy (non-hydrogen) atoms. The Hall–Kier alpha value is -1.81. The van der Waals surface area contributed by atoms with Crippen molar-refractivity contribution in [3.8, 4) is 0 Å². The zero-order valence-corrected chi connectivity index (χ0v) is 12.2. The normalized spacial score (nSPS) is 11.1. The molecule has 96 valence electrons. The van der Waals surface area contributed by atoms with E-state index in [2.05, 4.69) is 31.5 Å². The van der Waals surface area contributed by atoms with Crippen LogP contribution in [0.25, 0.3) is 11.0 Å². The number of hydrogen-bond acceptors (Lipinski definition) is 2. The molecule has 3 rings (SSSR count). The highest BCUT2D eigenvalue weighted by molar-refractivity contribution is 9.10. The number of para-hydroxylation sites is 2. The summed E-state index contributed by atoms with van der Waals surface area (Å²) in [5.41, 5.74) is 10.1. The molecule has 0 bridgehead atoms. The largest absolute Gasteiger partial charge is 0.398 e. The van der Waals surface area contributed by atoms with Crippen LogP contribution in [0.5, 0.6) is 0 Å². The molecule has 0 spiro atoms. The average molecular weight is 316 g/mol. The van der Waals surface area contributed by atoms with Gasteiger partial charge in [0.15, 0.2) is 0 Å². The quantitative estimate of drug-likeness (QED) is 0.732.